The average Bonchev–Trinajstić information content (AvgIpc) is 3.43. The minimum absolute atomic E-state index is 0.0576. The second-order valence-electron chi connectivity index (χ2n) is 13.5. The van der Waals surface area contributed by atoms with Crippen LogP contribution in [0.5, 0.6) is 0 Å². The predicted molar refractivity (Wildman–Crippen MR) is 167 cm³/mol. The van der Waals surface area contributed by atoms with Gasteiger partial charge in [0.15, 0.2) is 12.1 Å². The number of rotatable bonds is 13. The van der Waals surface area contributed by atoms with Crippen molar-refractivity contribution in [2.45, 2.75) is 134 Å². The molecule has 0 spiro atoms. The molecule has 0 radical (unpaired) electrons. The highest BCUT2D eigenvalue weighted by atomic mass is 32.2. The number of carbonyl (C=O) groups excluding carboxylic acids is 1. The van der Waals surface area contributed by atoms with E-state index in [-0.39, 0.29) is 48.2 Å². The Labute approximate surface area is 267 Å². The molecule has 0 unspecified atom stereocenters. The number of ether oxygens (including phenoxy) is 5. The third-order valence-corrected chi connectivity index (χ3v) is 9.85. The molecule has 5 rings (SSSR count). The fourth-order valence-corrected chi connectivity index (χ4v) is 7.58. The number of hydrogen-bond acceptors (Lipinski definition) is 9. The first-order valence-electron chi connectivity index (χ1n) is 15.8. The average molecular weight is 646 g/mol. The fraction of sp³-hybridized carbons (Fsp3) is 0.618. The third-order valence-electron chi connectivity index (χ3n) is 8.43. The van der Waals surface area contributed by atoms with Crippen molar-refractivity contribution in [2.24, 2.45) is 0 Å². The highest BCUT2D eigenvalue weighted by Crippen LogP contribution is 2.41. The first-order valence-corrected chi connectivity index (χ1v) is 17.2. The summed E-state index contributed by atoms with van der Waals surface area (Å²) in [6, 6.07) is 13.6. The maximum atomic E-state index is 14.1. The van der Waals surface area contributed by atoms with Gasteiger partial charge in [0.05, 0.1) is 19.6 Å². The van der Waals surface area contributed by atoms with E-state index >= 15 is 0 Å². The van der Waals surface area contributed by atoms with Gasteiger partial charge >= 0.3 is 0 Å². The van der Waals surface area contributed by atoms with E-state index in [1.165, 1.54) is 0 Å². The third kappa shape index (κ3) is 7.62. The van der Waals surface area contributed by atoms with Crippen LogP contribution in [0, 0.1) is 0 Å². The molecule has 0 bridgehead atoms. The molecule has 2 aromatic rings. The van der Waals surface area contributed by atoms with Crippen LogP contribution >= 0.6 is 0 Å². The zero-order valence-electron chi connectivity index (χ0n) is 27.4. The molecular formula is C34H47NO9S. The molecule has 11 heteroatoms. The van der Waals surface area contributed by atoms with E-state index in [0.717, 1.165) is 11.1 Å². The summed E-state index contributed by atoms with van der Waals surface area (Å²) in [4.78, 5) is 11.9. The van der Waals surface area contributed by atoms with Gasteiger partial charge in [-0.1, -0.05) is 84.0 Å². The van der Waals surface area contributed by atoms with Crippen LogP contribution in [0.2, 0.25) is 0 Å². The quantitative estimate of drug-likeness (QED) is 0.224. The molecule has 10 nitrogen and oxygen atoms in total. The highest BCUT2D eigenvalue weighted by molar-refractivity contribution is 7.86. The van der Waals surface area contributed by atoms with Gasteiger partial charge in [-0.05, 0) is 53.9 Å². The number of nitrogens with one attached hydrogen (secondary N) is 1. The van der Waals surface area contributed by atoms with Gasteiger partial charge in [0.25, 0.3) is 10.1 Å². The molecule has 3 aliphatic heterocycles. The number of amides is 1. The van der Waals surface area contributed by atoms with E-state index in [0.29, 0.717) is 11.1 Å². The lowest BCUT2D eigenvalue weighted by atomic mass is 9.89. The summed E-state index contributed by atoms with van der Waals surface area (Å²) < 4.78 is 65.3. The first kappa shape index (κ1) is 34.0. The fourth-order valence-electron chi connectivity index (χ4n) is 5.99. The lowest BCUT2D eigenvalue weighted by Gasteiger charge is -2.35. The molecule has 0 saturated carbocycles. The van der Waals surface area contributed by atoms with Gasteiger partial charge in [0, 0.05) is 0 Å². The Hall–Kier alpha value is -2.38. The summed E-state index contributed by atoms with van der Waals surface area (Å²) in [5.74, 6) is -0.935. The normalized spacial score (nSPS) is 26.7. The van der Waals surface area contributed by atoms with Gasteiger partial charge in [-0.3, -0.25) is 8.98 Å². The van der Waals surface area contributed by atoms with E-state index in [2.05, 4.69) is 19.2 Å². The van der Waals surface area contributed by atoms with Crippen molar-refractivity contribution >= 4 is 16.0 Å². The summed E-state index contributed by atoms with van der Waals surface area (Å²) in [7, 11) is -4.25. The standard InChI is InChI=1S/C34H47NO9S/c1-19(2)23-14-24(20(3)4)32(25(15-23)21(5)6)45(37,38)40-18-26(41-28-16-27(36)35-28)29-30(39-17-22-12-10-9-11-13-22)31-33(42-29)44-34(7,8)43-31/h9-15,19-21,26,28-31,33H,16-18H2,1-8H3,(H,35,36)/t26-,28+,29-,30-,31-,33-/m1/s1. The van der Waals surface area contributed by atoms with Gasteiger partial charge < -0.3 is 29.0 Å². The predicted octanol–water partition coefficient (Wildman–Crippen LogP) is 5.46. The van der Waals surface area contributed by atoms with Crippen molar-refractivity contribution in [2.75, 3.05) is 6.61 Å². The maximum absolute atomic E-state index is 14.1. The van der Waals surface area contributed by atoms with Gasteiger partial charge in [0.2, 0.25) is 5.91 Å². The molecule has 1 amide bonds. The number of hydrogen-bond donors (Lipinski definition) is 1. The molecule has 3 saturated heterocycles. The van der Waals surface area contributed by atoms with E-state index < -0.39 is 52.8 Å². The summed E-state index contributed by atoms with van der Waals surface area (Å²) in [5, 5.41) is 2.70. The summed E-state index contributed by atoms with van der Waals surface area (Å²) in [6.07, 6.45) is -4.24. The van der Waals surface area contributed by atoms with Gasteiger partial charge in [-0.15, -0.1) is 0 Å². The minimum Gasteiger partial charge on any atom is -0.368 e. The largest absolute Gasteiger partial charge is 0.368 e. The van der Waals surface area contributed by atoms with Crippen LogP contribution < -0.4 is 5.32 Å². The van der Waals surface area contributed by atoms with Gasteiger partial charge in [-0.2, -0.15) is 8.42 Å². The minimum atomic E-state index is -4.25. The molecule has 3 aliphatic rings. The van der Waals surface area contributed by atoms with Crippen molar-refractivity contribution < 1.29 is 41.1 Å². The molecule has 248 valence electrons. The first-order chi connectivity index (χ1) is 21.1. The van der Waals surface area contributed by atoms with Crippen LogP contribution in [0.3, 0.4) is 0 Å². The Morgan fingerprint density at radius 3 is 2.13 bits per heavy atom. The number of β-lactam (4-membered cyclic amide) rings is 1. The van der Waals surface area contributed by atoms with Crippen molar-refractivity contribution in [1.82, 2.24) is 5.32 Å². The van der Waals surface area contributed by atoms with Crippen LogP contribution in [-0.4, -0.2) is 63.7 Å². The van der Waals surface area contributed by atoms with Crippen molar-refractivity contribution in [3.05, 3.63) is 64.7 Å². The number of fused-ring (bicyclic) bond motifs is 1. The molecule has 45 heavy (non-hydrogen) atoms. The topological polar surface area (TPSA) is 119 Å². The van der Waals surface area contributed by atoms with Gasteiger partial charge in [0.1, 0.15) is 35.5 Å². The van der Waals surface area contributed by atoms with E-state index in [1.54, 1.807) is 13.8 Å². The molecule has 2 aromatic carbocycles. The van der Waals surface area contributed by atoms with E-state index in [4.69, 9.17) is 27.9 Å². The SMILES string of the molecule is CC(C)c1cc(C(C)C)c(S(=O)(=O)OC[C@@H](O[C@H]2CC(=O)N2)[C@H]2O[C@@H]3OC(C)(C)O[C@@H]3[C@@H]2OCc2ccccc2)c(C(C)C)c1. The Morgan fingerprint density at radius 1 is 0.956 bits per heavy atom. The monoisotopic (exact) mass is 645 g/mol. The lowest BCUT2D eigenvalue weighted by Crippen LogP contribution is -2.55. The smallest absolute Gasteiger partial charge is 0.297 e. The lowest BCUT2D eigenvalue weighted by molar-refractivity contribution is -0.241. The van der Waals surface area contributed by atoms with Crippen LogP contribution in [0.1, 0.15) is 102 Å². The molecule has 1 N–H and O–H groups in total. The van der Waals surface area contributed by atoms with E-state index in [1.807, 2.05) is 70.2 Å². The zero-order valence-corrected chi connectivity index (χ0v) is 28.3. The molecule has 0 aliphatic carbocycles. The number of benzene rings is 2. The summed E-state index contributed by atoms with van der Waals surface area (Å²) >= 11 is 0. The second-order valence-corrected chi connectivity index (χ2v) is 15.0. The summed E-state index contributed by atoms with van der Waals surface area (Å²) in [5.41, 5.74) is 3.46. The Kier molecular flexibility index (Phi) is 10.1. The van der Waals surface area contributed by atoms with Crippen LogP contribution in [0.25, 0.3) is 0 Å². The molecular weight excluding hydrogens is 598 g/mol. The molecule has 6 atom stereocenters. The Bertz CT molecular complexity index is 1420. The van der Waals surface area contributed by atoms with Crippen LogP contribution in [-0.2, 0) is 49.4 Å². The molecule has 0 aromatic heterocycles. The Balaban J connectivity index is 1.45. The van der Waals surface area contributed by atoms with Gasteiger partial charge in [-0.25, -0.2) is 0 Å². The zero-order chi connectivity index (χ0) is 32.7. The van der Waals surface area contributed by atoms with Crippen molar-refractivity contribution in [3.63, 3.8) is 0 Å². The van der Waals surface area contributed by atoms with Crippen molar-refractivity contribution in [3.8, 4) is 0 Å². The summed E-state index contributed by atoms with van der Waals surface area (Å²) in [6.45, 7) is 15.6. The second kappa shape index (κ2) is 13.4. The highest BCUT2D eigenvalue weighted by Gasteiger charge is 2.58. The van der Waals surface area contributed by atoms with Crippen LogP contribution in [0.15, 0.2) is 47.4 Å². The Morgan fingerprint density at radius 2 is 1.58 bits per heavy atom. The molecule has 3 fully saturated rings. The van der Waals surface area contributed by atoms with E-state index in [9.17, 15) is 13.2 Å². The number of carbonyl (C=O) groups is 1. The van der Waals surface area contributed by atoms with Crippen molar-refractivity contribution in [1.29, 1.82) is 0 Å². The maximum Gasteiger partial charge on any atom is 0.297 e. The molecule has 3 heterocycles. The van der Waals surface area contributed by atoms with Crippen LogP contribution in [0.4, 0.5) is 0 Å².